The van der Waals surface area contributed by atoms with Gasteiger partial charge in [0.2, 0.25) is 16.3 Å². The summed E-state index contributed by atoms with van der Waals surface area (Å²) in [4.78, 5) is 3.57. The average molecular weight is 1020 g/mol. The number of anilines is 2. The predicted molar refractivity (Wildman–Crippen MR) is 241 cm³/mol. The minimum Gasteiger partial charge on any atom is -0.646 e. The normalized spacial score (nSPS) is 13.3. The SMILES string of the molecule is C[PH+](C=C[PH+](C)Oc1ccccc1)Oc1ccccc1.[CH2-]C=C[PH+](c1ccccc1)c1ccccc1.[Ru+2].[Ru+3].[c-]1ccoc1N1C=CO[CH-]1.[c-]1ccsc1N1C=CO[CH-]1. The molecule has 0 saturated heterocycles. The van der Waals surface area contributed by atoms with Crippen molar-refractivity contribution in [1.82, 2.24) is 0 Å². The molecule has 4 heterocycles. The molecule has 0 bridgehead atoms. The molecule has 0 aliphatic carbocycles. The van der Waals surface area contributed by atoms with E-state index in [2.05, 4.69) is 111 Å². The van der Waals surface area contributed by atoms with Crippen molar-refractivity contribution >= 4 is 57.0 Å². The Morgan fingerprint density at radius 3 is 1.53 bits per heavy atom. The van der Waals surface area contributed by atoms with Crippen molar-refractivity contribution in [3.8, 4) is 11.5 Å². The fourth-order valence-corrected chi connectivity index (χ4v) is 10.5. The molecule has 8 rings (SSSR count). The number of thiophene rings is 1. The first-order chi connectivity index (χ1) is 27.6. The Bertz CT molecular complexity index is 1890. The summed E-state index contributed by atoms with van der Waals surface area (Å²) in [5.74, 6) is 9.05. The Hall–Kier alpha value is -3.97. The predicted octanol–water partition coefficient (Wildman–Crippen LogP) is 11.8. The molecule has 299 valence electrons. The van der Waals surface area contributed by atoms with Crippen LogP contribution in [0.5, 0.6) is 11.5 Å². The maximum absolute atomic E-state index is 5.89. The number of para-hydroxylation sites is 2. The van der Waals surface area contributed by atoms with Crippen LogP contribution in [-0.2, 0) is 48.4 Å². The zero-order valence-electron chi connectivity index (χ0n) is 31.9. The summed E-state index contributed by atoms with van der Waals surface area (Å²) in [6.07, 6.45) is 10.3. The van der Waals surface area contributed by atoms with Gasteiger partial charge in [0.05, 0.1) is 42.3 Å². The number of rotatable bonds is 11. The Balaban J connectivity index is 0.000000212. The molecule has 2 aliphatic heterocycles. The van der Waals surface area contributed by atoms with Crippen LogP contribution in [0.4, 0.5) is 10.9 Å². The molecule has 0 spiro atoms. The molecule has 0 fully saturated rings. The van der Waals surface area contributed by atoms with Gasteiger partial charge in [-0.1, -0.05) is 98.3 Å². The summed E-state index contributed by atoms with van der Waals surface area (Å²) >= 11 is 1.63. The first kappa shape index (κ1) is 48.4. The number of ether oxygens (including phenoxy) is 2. The van der Waals surface area contributed by atoms with Gasteiger partial charge in [0.1, 0.15) is 11.6 Å². The van der Waals surface area contributed by atoms with E-state index in [4.69, 9.17) is 22.9 Å². The number of benzene rings is 4. The third-order valence-electron chi connectivity index (χ3n) is 7.38. The smallest absolute Gasteiger partial charge is 0.646 e. The van der Waals surface area contributed by atoms with Crippen molar-refractivity contribution < 1.29 is 61.9 Å². The summed E-state index contributed by atoms with van der Waals surface area (Å²) in [5.41, 5.74) is 0. The van der Waals surface area contributed by atoms with Gasteiger partial charge < -0.3 is 32.7 Å². The Morgan fingerprint density at radius 2 is 1.14 bits per heavy atom. The number of hydrogen-bond donors (Lipinski definition) is 0. The fourth-order valence-electron chi connectivity index (χ4n) is 4.81. The summed E-state index contributed by atoms with van der Waals surface area (Å²) in [6, 6.07) is 50.7. The first-order valence-electron chi connectivity index (χ1n) is 17.6. The number of furan rings is 1. The zero-order valence-corrected chi connectivity index (χ0v) is 39.2. The van der Waals surface area contributed by atoms with Gasteiger partial charge in [-0.2, -0.15) is 23.6 Å². The molecule has 0 N–H and O–H groups in total. The van der Waals surface area contributed by atoms with Crippen LogP contribution < -0.4 is 29.5 Å². The van der Waals surface area contributed by atoms with Gasteiger partial charge in [-0.15, -0.1) is 0 Å². The van der Waals surface area contributed by atoms with Crippen LogP contribution in [0.1, 0.15) is 0 Å². The Morgan fingerprint density at radius 1 is 0.655 bits per heavy atom. The number of allylic oxidation sites excluding steroid dienone is 1. The van der Waals surface area contributed by atoms with E-state index in [1.165, 1.54) is 17.3 Å². The van der Waals surface area contributed by atoms with E-state index in [0.29, 0.717) is 5.88 Å². The van der Waals surface area contributed by atoms with Crippen LogP contribution in [0.15, 0.2) is 198 Å². The van der Waals surface area contributed by atoms with Crippen molar-refractivity contribution in [2.45, 2.75) is 0 Å². The molecule has 13 heteroatoms. The van der Waals surface area contributed by atoms with Crippen LogP contribution >= 0.6 is 35.6 Å². The van der Waals surface area contributed by atoms with Crippen LogP contribution in [0, 0.1) is 32.5 Å². The average Bonchev–Trinajstić information content (AvgIpc) is 4.10. The Kier molecular flexibility index (Phi) is 23.7. The van der Waals surface area contributed by atoms with Gasteiger partial charge in [0.25, 0.3) is 0 Å². The quantitative estimate of drug-likeness (QED) is 0.0728. The van der Waals surface area contributed by atoms with Gasteiger partial charge in [-0.25, -0.2) is 19.1 Å². The van der Waals surface area contributed by atoms with Gasteiger partial charge in [0, 0.05) is 20.3 Å². The molecule has 0 amide bonds. The molecule has 2 aliphatic rings. The van der Waals surface area contributed by atoms with E-state index < -0.39 is 24.2 Å². The molecule has 4 aromatic carbocycles. The standard InChI is InChI=1S/C16H18O2P2.C15H14P.C7H5NO2.C7H5NOS.2Ru/c1-19(17-15-9-5-3-6-10-15)13-14-20(2)18-16-11-7-4-8-12-16;1-2-13-16(14-9-5-3-6-10-14)15-11-7-4-8-12-15;1-2-7(10-4-1)8-3-5-9-6-8;1-2-7(10-5-1)8-3-4-9-6-8;;/h3-14H,1-2H3;2-13H,1H2;2*1,3-6H;;/q;-1;2*-2;+2;+3/p+3. The van der Waals surface area contributed by atoms with E-state index >= 15 is 0 Å². The van der Waals surface area contributed by atoms with Crippen molar-refractivity contribution in [3.05, 3.63) is 226 Å². The second-order valence-corrected chi connectivity index (χ2v) is 18.3. The topological polar surface area (TPSA) is 56.5 Å². The molecule has 2 aromatic heterocycles. The summed E-state index contributed by atoms with van der Waals surface area (Å²) in [6.45, 7) is 11.3. The number of nitrogens with zero attached hydrogens (tertiary/aromatic N) is 2. The molecule has 2 atom stereocenters. The molecule has 6 aromatic rings. The summed E-state index contributed by atoms with van der Waals surface area (Å²) in [5, 5.41) is 5.83. The third-order valence-corrected chi connectivity index (χ3v) is 13.4. The molecule has 58 heavy (non-hydrogen) atoms. The van der Waals surface area contributed by atoms with E-state index in [1.807, 2.05) is 89.3 Å². The van der Waals surface area contributed by atoms with Crippen molar-refractivity contribution in [2.24, 2.45) is 0 Å². The van der Waals surface area contributed by atoms with Crippen LogP contribution in [0.2, 0.25) is 0 Å². The van der Waals surface area contributed by atoms with Gasteiger partial charge in [-0.3, -0.25) is 11.3 Å². The minimum atomic E-state index is -0.963. The minimum absolute atomic E-state index is 0. The molecule has 0 saturated carbocycles. The molecule has 1 radical (unpaired) electrons. The number of hydrogen-bond acceptors (Lipinski definition) is 8. The van der Waals surface area contributed by atoms with E-state index in [-0.39, 0.29) is 39.0 Å². The second kappa shape index (κ2) is 28.5. The maximum atomic E-state index is 5.89. The first-order valence-corrected chi connectivity index (χ1v) is 24.0. The van der Waals surface area contributed by atoms with E-state index in [0.717, 1.165) is 16.5 Å². The second-order valence-electron chi connectivity index (χ2n) is 11.5. The zero-order chi connectivity index (χ0) is 39.0. The maximum Gasteiger partial charge on any atom is 3.00 e. The third kappa shape index (κ3) is 17.5. The summed E-state index contributed by atoms with van der Waals surface area (Å²) in [7, 11) is -2.72. The summed E-state index contributed by atoms with van der Waals surface area (Å²) < 4.78 is 26.5. The molecule has 2 unspecified atom stereocenters. The van der Waals surface area contributed by atoms with Gasteiger partial charge in [-0.05, 0) is 53.5 Å². The van der Waals surface area contributed by atoms with Crippen LogP contribution in [0.3, 0.4) is 0 Å². The monoisotopic (exact) mass is 1020 g/mol. The van der Waals surface area contributed by atoms with Crippen molar-refractivity contribution in [2.75, 3.05) is 23.1 Å². The molecule has 7 nitrogen and oxygen atoms in total. The van der Waals surface area contributed by atoms with Gasteiger partial charge in [0.15, 0.2) is 11.5 Å². The van der Waals surface area contributed by atoms with E-state index in [9.17, 15) is 0 Å². The Labute approximate surface area is 377 Å². The van der Waals surface area contributed by atoms with Crippen LogP contribution in [-0.4, -0.2) is 13.3 Å². The molecular formula is C45H45N2O5P3Ru2S+3. The van der Waals surface area contributed by atoms with E-state index in [1.54, 1.807) is 54.0 Å². The van der Waals surface area contributed by atoms with Gasteiger partial charge >= 0.3 is 39.0 Å². The van der Waals surface area contributed by atoms with Crippen LogP contribution in [0.25, 0.3) is 0 Å². The van der Waals surface area contributed by atoms with Crippen molar-refractivity contribution in [3.63, 3.8) is 0 Å². The fraction of sp³-hybridized carbons (Fsp3) is 0.0444. The largest absolute Gasteiger partial charge is 3.00 e. The van der Waals surface area contributed by atoms with Crippen molar-refractivity contribution in [1.29, 1.82) is 0 Å². The molecular weight excluding hydrogens is 976 g/mol.